The lowest BCUT2D eigenvalue weighted by Crippen LogP contribution is -1.99. The minimum absolute atomic E-state index is 0.305. The Morgan fingerprint density at radius 3 is 2.50 bits per heavy atom. The first-order valence-electron chi connectivity index (χ1n) is 5.14. The summed E-state index contributed by atoms with van der Waals surface area (Å²) in [6, 6.07) is 7.05. The summed E-state index contributed by atoms with van der Waals surface area (Å²) in [5.74, 6) is 0. The molecule has 20 heavy (non-hydrogen) atoms. The van der Waals surface area contributed by atoms with E-state index in [0.29, 0.717) is 38.7 Å². The molecule has 0 atom stereocenters. The highest BCUT2D eigenvalue weighted by Crippen LogP contribution is 2.40. The van der Waals surface area contributed by atoms with Crippen molar-refractivity contribution in [3.63, 3.8) is 0 Å². The van der Waals surface area contributed by atoms with Crippen LogP contribution in [0.3, 0.4) is 0 Å². The van der Waals surface area contributed by atoms with E-state index in [-0.39, 0.29) is 0 Å². The molecule has 0 N–H and O–H groups in total. The van der Waals surface area contributed by atoms with Gasteiger partial charge in [-0.05, 0) is 6.07 Å². The van der Waals surface area contributed by atoms with E-state index in [9.17, 15) is 4.39 Å². The summed E-state index contributed by atoms with van der Waals surface area (Å²) in [5.41, 5.74) is 1.40. The Morgan fingerprint density at radius 1 is 1.20 bits per heavy atom. The number of hydrogen-bond donors (Lipinski definition) is 0. The van der Waals surface area contributed by atoms with Gasteiger partial charge in [-0.15, -0.1) is 0 Å². The smallest absolute Gasteiger partial charge is 0.292 e. The lowest BCUT2D eigenvalue weighted by molar-refractivity contribution is 0.514. The van der Waals surface area contributed by atoms with Crippen LogP contribution in [-0.4, -0.2) is 7.89 Å². The number of nitriles is 1. The predicted octanol–water partition coefficient (Wildman–Crippen LogP) is 5.89. The Balaban J connectivity index is 2.52. The lowest BCUT2D eigenvalue weighted by Gasteiger charge is -2.08. The Kier molecular flexibility index (Phi) is 4.78. The van der Waals surface area contributed by atoms with Gasteiger partial charge >= 0.3 is 3.92 Å². The summed E-state index contributed by atoms with van der Waals surface area (Å²) < 4.78 is 12.0. The number of nitrogens with zero attached hydrogens (tertiary/aromatic N) is 2. The second-order valence-electron chi connectivity index (χ2n) is 3.70. The molecule has 2 nitrogen and oxygen atoms in total. The van der Waals surface area contributed by atoms with Crippen LogP contribution in [0.15, 0.2) is 30.6 Å². The lowest BCUT2D eigenvalue weighted by atomic mass is 10.1. The van der Waals surface area contributed by atoms with Gasteiger partial charge in [0.25, 0.3) is 0 Å². The van der Waals surface area contributed by atoms with E-state index in [4.69, 9.17) is 51.7 Å². The molecule has 2 rings (SSSR count). The fourth-order valence-corrected chi connectivity index (χ4v) is 3.05. The van der Waals surface area contributed by atoms with Crippen molar-refractivity contribution in [1.82, 2.24) is 3.97 Å². The molecule has 0 bridgehead atoms. The van der Waals surface area contributed by atoms with Gasteiger partial charge in [0.15, 0.2) is 0 Å². The first-order valence-corrected chi connectivity index (χ1v) is 7.43. The zero-order chi connectivity index (χ0) is 14.9. The molecule has 2 aromatic rings. The first-order chi connectivity index (χ1) is 9.31. The minimum Gasteiger partial charge on any atom is -0.292 e. The second-order valence-corrected chi connectivity index (χ2v) is 7.33. The predicted molar refractivity (Wildman–Crippen MR) is 83.1 cm³/mol. The number of hydrogen-bond acceptors (Lipinski definition) is 2. The topological polar surface area (TPSA) is 28.7 Å². The van der Waals surface area contributed by atoms with Crippen molar-refractivity contribution in [2.75, 3.05) is 0 Å². The average molecular weight is 370 g/mol. The van der Waals surface area contributed by atoms with Gasteiger partial charge in [0, 0.05) is 35.5 Å². The van der Waals surface area contributed by atoms with Gasteiger partial charge in [0.2, 0.25) is 0 Å². The molecule has 0 radical (unpaired) electrons. The first kappa shape index (κ1) is 15.8. The fraction of sp³-hybridized carbons (Fsp3) is 0.0833. The van der Waals surface area contributed by atoms with Crippen molar-refractivity contribution >= 4 is 58.4 Å². The van der Waals surface area contributed by atoms with Gasteiger partial charge in [-0.3, -0.25) is 3.97 Å². The van der Waals surface area contributed by atoms with Crippen molar-refractivity contribution in [1.29, 1.82) is 5.26 Å². The van der Waals surface area contributed by atoms with Gasteiger partial charge in [-0.25, -0.2) is 0 Å². The zero-order valence-corrected chi connectivity index (χ0v) is 13.4. The van der Waals surface area contributed by atoms with E-state index in [1.807, 2.05) is 6.07 Å². The maximum atomic E-state index is 13.2. The normalized spacial score (nSPS) is 11.4. The molecule has 0 unspecified atom stereocenters. The molecule has 8 heteroatoms. The molecule has 0 fully saturated rings. The van der Waals surface area contributed by atoms with Crippen molar-refractivity contribution in [3.05, 3.63) is 46.2 Å². The molecular weight excluding hydrogens is 365 g/mol. The zero-order valence-electron chi connectivity index (χ0n) is 9.58. The number of aromatic nitrogens is 1. The standard InChI is InChI=1S/C12H5Cl4FN2S/c13-10-3-1-2-8(11(10)14)9-6-19(5-7(9)4-18)20-12(15,16)17/h1-3,5-6H. The molecule has 1 heterocycles. The van der Waals surface area contributed by atoms with Crippen molar-refractivity contribution in [2.24, 2.45) is 0 Å². The van der Waals surface area contributed by atoms with Crippen LogP contribution in [0.25, 0.3) is 11.1 Å². The highest BCUT2D eigenvalue weighted by molar-refractivity contribution is 8.01. The van der Waals surface area contributed by atoms with Crippen LogP contribution in [0.5, 0.6) is 0 Å². The number of halogens is 5. The third-order valence-corrected chi connectivity index (χ3v) is 4.24. The van der Waals surface area contributed by atoms with Gasteiger partial charge in [0.05, 0.1) is 15.6 Å². The third kappa shape index (κ3) is 3.55. The molecule has 0 aliphatic rings. The molecule has 0 saturated heterocycles. The summed E-state index contributed by atoms with van der Waals surface area (Å²) in [5, 5.41) is 9.82. The fourth-order valence-electron chi connectivity index (χ4n) is 1.62. The molecule has 0 aliphatic heterocycles. The van der Waals surface area contributed by atoms with Crippen molar-refractivity contribution in [3.8, 4) is 17.2 Å². The molecule has 0 saturated carbocycles. The maximum Gasteiger partial charge on any atom is 0.323 e. The van der Waals surface area contributed by atoms with E-state index in [2.05, 4.69) is 0 Å². The van der Waals surface area contributed by atoms with Crippen molar-refractivity contribution in [2.45, 2.75) is 3.92 Å². The Bertz CT molecular complexity index is 688. The van der Waals surface area contributed by atoms with Crippen LogP contribution in [0, 0.1) is 11.3 Å². The van der Waals surface area contributed by atoms with Gasteiger partial charge in [-0.2, -0.15) is 9.65 Å². The van der Waals surface area contributed by atoms with E-state index >= 15 is 0 Å². The third-order valence-electron chi connectivity index (χ3n) is 2.37. The molecule has 0 spiro atoms. The summed E-state index contributed by atoms with van der Waals surface area (Å²) in [6.45, 7) is 0. The summed E-state index contributed by atoms with van der Waals surface area (Å²) in [6.07, 6.45) is 2.93. The Hall–Kier alpha value is -0.570. The summed E-state index contributed by atoms with van der Waals surface area (Å²) in [4.78, 5) is 0. The van der Waals surface area contributed by atoms with E-state index in [0.717, 1.165) is 0 Å². The number of alkyl halides is 3. The molecule has 1 aromatic heterocycles. The summed E-state index contributed by atoms with van der Waals surface area (Å²) >= 11 is 23.1. The molecule has 1 aromatic carbocycles. The molecule has 0 amide bonds. The SMILES string of the molecule is N#Cc1cn(SC(F)(Cl)Cl)cc1-c1cccc(Cl)c1Cl. The quantitative estimate of drug-likeness (QED) is 0.631. The minimum atomic E-state index is -2.50. The van der Waals surface area contributed by atoms with Crippen LogP contribution in [0.1, 0.15) is 5.56 Å². The van der Waals surface area contributed by atoms with Crippen molar-refractivity contribution < 1.29 is 4.39 Å². The van der Waals surface area contributed by atoms with Crippen LogP contribution in [0.4, 0.5) is 4.39 Å². The van der Waals surface area contributed by atoms with Crippen LogP contribution in [-0.2, 0) is 0 Å². The second kappa shape index (κ2) is 6.05. The number of rotatable bonds is 3. The Labute approximate surface area is 139 Å². The van der Waals surface area contributed by atoms with E-state index < -0.39 is 3.92 Å². The molecule has 104 valence electrons. The van der Waals surface area contributed by atoms with Crippen LogP contribution >= 0.6 is 58.4 Å². The maximum absolute atomic E-state index is 13.2. The summed E-state index contributed by atoms with van der Waals surface area (Å²) in [7, 11) is 0. The Morgan fingerprint density at radius 2 is 1.90 bits per heavy atom. The van der Waals surface area contributed by atoms with E-state index in [1.165, 1.54) is 16.4 Å². The van der Waals surface area contributed by atoms with Crippen LogP contribution in [0.2, 0.25) is 10.0 Å². The van der Waals surface area contributed by atoms with E-state index in [1.54, 1.807) is 18.2 Å². The highest BCUT2D eigenvalue weighted by atomic mass is 35.5. The monoisotopic (exact) mass is 368 g/mol. The van der Waals surface area contributed by atoms with Gasteiger partial charge < -0.3 is 0 Å². The number of benzene rings is 1. The molecule has 0 aliphatic carbocycles. The largest absolute Gasteiger partial charge is 0.323 e. The van der Waals surface area contributed by atoms with Gasteiger partial charge in [0.1, 0.15) is 6.07 Å². The van der Waals surface area contributed by atoms with Gasteiger partial charge in [-0.1, -0.05) is 58.5 Å². The molecular formula is C12H5Cl4FN2S. The van der Waals surface area contributed by atoms with Crippen LogP contribution < -0.4 is 0 Å². The average Bonchev–Trinajstić information content (AvgIpc) is 2.73. The highest BCUT2D eigenvalue weighted by Gasteiger charge is 2.25.